The normalized spacial score (nSPS) is 23.2. The number of nitrogens with two attached hydrogens (primary N) is 1. The fourth-order valence-electron chi connectivity index (χ4n) is 1.57. The molecule has 1 unspecified atom stereocenters. The molecule has 0 spiro atoms. The third kappa shape index (κ3) is 4.36. The molecule has 0 amide bonds. The van der Waals surface area contributed by atoms with E-state index >= 15 is 0 Å². The quantitative estimate of drug-likeness (QED) is 0.673. The highest BCUT2D eigenvalue weighted by molar-refractivity contribution is 7.89. The van der Waals surface area contributed by atoms with Gasteiger partial charge in [-0.25, -0.2) is 13.6 Å². The minimum atomic E-state index is -3.30. The number of primary sulfonamides is 1. The van der Waals surface area contributed by atoms with E-state index in [2.05, 4.69) is 4.90 Å². The molecule has 1 saturated heterocycles. The van der Waals surface area contributed by atoms with Crippen LogP contribution in [0.5, 0.6) is 0 Å². The fraction of sp³-hybridized carbons (Fsp3) is 1.00. The summed E-state index contributed by atoms with van der Waals surface area (Å²) in [4.78, 5) is 2.14. The Morgan fingerprint density at radius 2 is 2.29 bits per heavy atom. The molecule has 0 saturated carbocycles. The molecule has 1 fully saturated rings. The van der Waals surface area contributed by atoms with E-state index in [1.807, 2.05) is 7.05 Å². The predicted molar refractivity (Wildman–Crippen MR) is 54.4 cm³/mol. The second-order valence-corrected chi connectivity index (χ2v) is 5.45. The summed E-state index contributed by atoms with van der Waals surface area (Å²) in [5.74, 6) is 0.0604. The second kappa shape index (κ2) is 5.06. The molecule has 84 valence electrons. The van der Waals surface area contributed by atoms with Crippen molar-refractivity contribution in [1.82, 2.24) is 4.90 Å². The third-order valence-corrected chi connectivity index (χ3v) is 3.33. The zero-order valence-corrected chi connectivity index (χ0v) is 9.29. The summed E-state index contributed by atoms with van der Waals surface area (Å²) in [6.45, 7) is 2.32. The van der Waals surface area contributed by atoms with Crippen LogP contribution >= 0.6 is 0 Å². The highest BCUT2D eigenvalue weighted by atomic mass is 32.2. The maximum atomic E-state index is 10.7. The van der Waals surface area contributed by atoms with E-state index in [9.17, 15) is 8.42 Å². The largest absolute Gasteiger partial charge is 0.380 e. The van der Waals surface area contributed by atoms with Crippen LogP contribution in [-0.4, -0.2) is 51.9 Å². The van der Waals surface area contributed by atoms with Crippen molar-refractivity contribution in [2.75, 3.05) is 32.6 Å². The Labute approximate surface area is 85.3 Å². The van der Waals surface area contributed by atoms with Crippen molar-refractivity contribution in [2.45, 2.75) is 18.9 Å². The molecule has 0 aromatic heterocycles. The minimum Gasteiger partial charge on any atom is -0.380 e. The second-order valence-electron chi connectivity index (χ2n) is 3.72. The van der Waals surface area contributed by atoms with Gasteiger partial charge >= 0.3 is 0 Å². The molecule has 0 bridgehead atoms. The van der Waals surface area contributed by atoms with Crippen molar-refractivity contribution in [3.05, 3.63) is 0 Å². The molecule has 1 heterocycles. The summed E-state index contributed by atoms with van der Waals surface area (Å²) in [5, 5.41) is 4.90. The van der Waals surface area contributed by atoms with Gasteiger partial charge in [-0.05, 0) is 26.4 Å². The van der Waals surface area contributed by atoms with Crippen LogP contribution in [-0.2, 0) is 14.8 Å². The van der Waals surface area contributed by atoms with E-state index in [0.29, 0.717) is 12.5 Å². The summed E-state index contributed by atoms with van der Waals surface area (Å²) in [7, 11) is -1.31. The molecule has 0 aromatic carbocycles. The molecule has 1 atom stereocenters. The number of sulfonamides is 1. The summed E-state index contributed by atoms with van der Waals surface area (Å²) >= 11 is 0. The first-order valence-corrected chi connectivity index (χ1v) is 6.49. The molecule has 6 heteroatoms. The van der Waals surface area contributed by atoms with Crippen LogP contribution in [0.25, 0.3) is 0 Å². The maximum Gasteiger partial charge on any atom is 0.209 e. The Morgan fingerprint density at radius 3 is 2.79 bits per heavy atom. The lowest BCUT2D eigenvalue weighted by atomic mass is 10.2. The number of hydrogen-bond donors (Lipinski definition) is 1. The standard InChI is InChI=1S/C8H18N2O3S/c1-10(8-3-5-13-7-8)4-2-6-14(9,11)12/h8H,2-7H2,1H3,(H2,9,11,12). The molecule has 1 aliphatic heterocycles. The number of likely N-dealkylation sites (N-methyl/N-ethyl adjacent to an activating group) is 1. The van der Waals surface area contributed by atoms with Crippen LogP contribution in [0.3, 0.4) is 0 Å². The molecule has 1 rings (SSSR count). The molecule has 0 aliphatic carbocycles. The van der Waals surface area contributed by atoms with Crippen LogP contribution in [0.4, 0.5) is 0 Å². The van der Waals surface area contributed by atoms with E-state index in [0.717, 1.165) is 26.2 Å². The van der Waals surface area contributed by atoms with Crippen molar-refractivity contribution in [3.8, 4) is 0 Å². The first kappa shape index (κ1) is 11.9. The Morgan fingerprint density at radius 1 is 1.57 bits per heavy atom. The fourth-order valence-corrected chi connectivity index (χ4v) is 2.10. The van der Waals surface area contributed by atoms with Gasteiger partial charge in [-0.1, -0.05) is 0 Å². The van der Waals surface area contributed by atoms with Crippen molar-refractivity contribution in [1.29, 1.82) is 0 Å². The molecule has 1 aliphatic rings. The van der Waals surface area contributed by atoms with Gasteiger partial charge in [-0.3, -0.25) is 0 Å². The van der Waals surface area contributed by atoms with Crippen LogP contribution in [0.15, 0.2) is 0 Å². The van der Waals surface area contributed by atoms with Crippen molar-refractivity contribution < 1.29 is 13.2 Å². The Kier molecular flexibility index (Phi) is 4.31. The third-order valence-electron chi connectivity index (χ3n) is 2.47. The van der Waals surface area contributed by atoms with E-state index in [1.165, 1.54) is 0 Å². The Balaban J connectivity index is 2.17. The molecule has 0 radical (unpaired) electrons. The van der Waals surface area contributed by atoms with Crippen LogP contribution < -0.4 is 5.14 Å². The first-order valence-electron chi connectivity index (χ1n) is 4.77. The average Bonchev–Trinajstić information content (AvgIpc) is 2.53. The number of rotatable bonds is 5. The van der Waals surface area contributed by atoms with Gasteiger partial charge in [-0.15, -0.1) is 0 Å². The zero-order valence-electron chi connectivity index (χ0n) is 8.48. The van der Waals surface area contributed by atoms with Gasteiger partial charge in [0.25, 0.3) is 0 Å². The van der Waals surface area contributed by atoms with E-state index in [-0.39, 0.29) is 5.75 Å². The predicted octanol–water partition coefficient (Wildman–Crippen LogP) is -0.614. The van der Waals surface area contributed by atoms with E-state index in [4.69, 9.17) is 9.88 Å². The van der Waals surface area contributed by atoms with Gasteiger partial charge in [0.15, 0.2) is 0 Å². The monoisotopic (exact) mass is 222 g/mol. The maximum absolute atomic E-state index is 10.7. The summed E-state index contributed by atoms with van der Waals surface area (Å²) < 4.78 is 26.6. The van der Waals surface area contributed by atoms with Crippen molar-refractivity contribution in [2.24, 2.45) is 5.14 Å². The summed E-state index contributed by atoms with van der Waals surface area (Å²) in [6.07, 6.45) is 1.62. The van der Waals surface area contributed by atoms with Gasteiger partial charge in [-0.2, -0.15) is 0 Å². The Hall–Kier alpha value is -0.170. The summed E-state index contributed by atoms with van der Waals surface area (Å²) in [5.41, 5.74) is 0. The van der Waals surface area contributed by atoms with Gasteiger partial charge in [0.05, 0.1) is 12.4 Å². The first-order chi connectivity index (χ1) is 6.49. The molecule has 2 N–H and O–H groups in total. The van der Waals surface area contributed by atoms with E-state index in [1.54, 1.807) is 0 Å². The molecule has 5 nitrogen and oxygen atoms in total. The number of hydrogen-bond acceptors (Lipinski definition) is 4. The lowest BCUT2D eigenvalue weighted by molar-refractivity contribution is 0.159. The van der Waals surface area contributed by atoms with Gasteiger partial charge < -0.3 is 9.64 Å². The zero-order chi connectivity index (χ0) is 10.6. The highest BCUT2D eigenvalue weighted by Crippen LogP contribution is 2.10. The van der Waals surface area contributed by atoms with Crippen molar-refractivity contribution in [3.63, 3.8) is 0 Å². The van der Waals surface area contributed by atoms with Crippen LogP contribution in [0.1, 0.15) is 12.8 Å². The SMILES string of the molecule is CN(CCCS(N)(=O)=O)C1CCOC1. The van der Waals surface area contributed by atoms with E-state index < -0.39 is 10.0 Å². The lowest BCUT2D eigenvalue weighted by Gasteiger charge is -2.22. The molecule has 0 aromatic rings. The van der Waals surface area contributed by atoms with Gasteiger partial charge in [0.2, 0.25) is 10.0 Å². The van der Waals surface area contributed by atoms with Crippen molar-refractivity contribution >= 4 is 10.0 Å². The molecular weight excluding hydrogens is 204 g/mol. The topological polar surface area (TPSA) is 72.6 Å². The number of ether oxygens (including phenoxy) is 1. The summed E-state index contributed by atoms with van der Waals surface area (Å²) in [6, 6.07) is 0.440. The molecular formula is C8H18N2O3S. The van der Waals surface area contributed by atoms with Crippen LogP contribution in [0, 0.1) is 0 Å². The smallest absolute Gasteiger partial charge is 0.209 e. The Bertz CT molecular complexity index is 260. The minimum absolute atomic E-state index is 0.0604. The van der Waals surface area contributed by atoms with Crippen LogP contribution in [0.2, 0.25) is 0 Å². The van der Waals surface area contributed by atoms with Gasteiger partial charge in [0.1, 0.15) is 0 Å². The lowest BCUT2D eigenvalue weighted by Crippen LogP contribution is -2.33. The molecule has 14 heavy (non-hydrogen) atoms. The average molecular weight is 222 g/mol. The number of nitrogens with zero attached hydrogens (tertiary/aromatic N) is 1. The highest BCUT2D eigenvalue weighted by Gasteiger charge is 2.19. The van der Waals surface area contributed by atoms with Gasteiger partial charge in [0, 0.05) is 12.6 Å².